The Bertz CT molecular complexity index is 372. The van der Waals surface area contributed by atoms with E-state index < -0.39 is 0 Å². The van der Waals surface area contributed by atoms with Crippen molar-refractivity contribution in [3.8, 4) is 0 Å². The van der Waals surface area contributed by atoms with E-state index >= 15 is 0 Å². The monoisotopic (exact) mass is 274 g/mol. The summed E-state index contributed by atoms with van der Waals surface area (Å²) in [5, 5.41) is 3.71. The molecule has 0 bridgehead atoms. The Labute approximate surface area is 124 Å². The van der Waals surface area contributed by atoms with E-state index in [4.69, 9.17) is 0 Å². The van der Waals surface area contributed by atoms with Crippen molar-refractivity contribution in [2.45, 2.75) is 58.0 Å². The molecule has 1 saturated carbocycles. The van der Waals surface area contributed by atoms with Crippen molar-refractivity contribution in [1.29, 1.82) is 0 Å². The van der Waals surface area contributed by atoms with Crippen LogP contribution in [0.3, 0.4) is 0 Å². The third-order valence-corrected chi connectivity index (χ3v) is 4.84. The molecule has 2 nitrogen and oxygen atoms in total. The van der Waals surface area contributed by atoms with Crippen molar-refractivity contribution in [2.75, 3.05) is 19.6 Å². The second kappa shape index (κ2) is 7.80. The van der Waals surface area contributed by atoms with Crippen LogP contribution in [-0.4, -0.2) is 36.6 Å². The van der Waals surface area contributed by atoms with Gasteiger partial charge in [0, 0.05) is 12.1 Å². The molecule has 0 radical (unpaired) electrons. The Balaban J connectivity index is 2.11. The Morgan fingerprint density at radius 1 is 1.05 bits per heavy atom. The van der Waals surface area contributed by atoms with Crippen LogP contribution in [0.5, 0.6) is 0 Å². The minimum atomic E-state index is 0.667. The van der Waals surface area contributed by atoms with Crippen LogP contribution < -0.4 is 5.32 Å². The van der Waals surface area contributed by atoms with E-state index in [2.05, 4.69) is 61.3 Å². The van der Waals surface area contributed by atoms with Gasteiger partial charge in [0.25, 0.3) is 0 Å². The van der Waals surface area contributed by atoms with Crippen LogP contribution in [0.1, 0.15) is 51.5 Å². The molecule has 0 aliphatic heterocycles. The van der Waals surface area contributed by atoms with E-state index in [0.29, 0.717) is 12.1 Å². The highest BCUT2D eigenvalue weighted by molar-refractivity contribution is 5.21. The molecule has 2 rings (SSSR count). The summed E-state index contributed by atoms with van der Waals surface area (Å²) < 4.78 is 0. The average Bonchev–Trinajstić information content (AvgIpc) is 2.51. The largest absolute Gasteiger partial charge is 0.313 e. The van der Waals surface area contributed by atoms with Crippen molar-refractivity contribution in [3.05, 3.63) is 35.9 Å². The van der Waals surface area contributed by atoms with Gasteiger partial charge in [-0.1, -0.05) is 51.1 Å². The van der Waals surface area contributed by atoms with Crippen molar-refractivity contribution in [3.63, 3.8) is 0 Å². The molecule has 1 aromatic carbocycles. The molecule has 3 unspecified atom stereocenters. The van der Waals surface area contributed by atoms with Gasteiger partial charge in [-0.2, -0.15) is 0 Å². The quantitative estimate of drug-likeness (QED) is 0.852. The first-order valence-corrected chi connectivity index (χ1v) is 8.32. The Morgan fingerprint density at radius 3 is 2.35 bits per heavy atom. The molecular formula is C18H30N2. The maximum absolute atomic E-state index is 3.71. The summed E-state index contributed by atoms with van der Waals surface area (Å²) in [5.41, 5.74) is 1.53. The fourth-order valence-corrected chi connectivity index (χ4v) is 3.77. The summed E-state index contributed by atoms with van der Waals surface area (Å²) in [7, 11) is 0. The van der Waals surface area contributed by atoms with Crippen LogP contribution in [0.25, 0.3) is 0 Å². The summed E-state index contributed by atoms with van der Waals surface area (Å²) in [6, 6.07) is 12.4. The molecule has 0 amide bonds. The molecule has 1 fully saturated rings. The summed E-state index contributed by atoms with van der Waals surface area (Å²) in [5.74, 6) is 0.733. The number of hydrogen-bond acceptors (Lipinski definition) is 2. The van der Waals surface area contributed by atoms with E-state index in [9.17, 15) is 0 Å². The van der Waals surface area contributed by atoms with E-state index in [1.54, 1.807) is 0 Å². The Morgan fingerprint density at radius 2 is 1.75 bits per heavy atom. The maximum Gasteiger partial charge on any atom is 0.0254 e. The van der Waals surface area contributed by atoms with Gasteiger partial charge in [0.05, 0.1) is 0 Å². The van der Waals surface area contributed by atoms with Gasteiger partial charge >= 0.3 is 0 Å². The van der Waals surface area contributed by atoms with Gasteiger partial charge < -0.3 is 5.32 Å². The highest BCUT2D eigenvalue weighted by Crippen LogP contribution is 2.35. The lowest BCUT2D eigenvalue weighted by molar-refractivity contribution is 0.124. The van der Waals surface area contributed by atoms with E-state index in [0.717, 1.165) is 25.6 Å². The number of nitrogens with zero attached hydrogens (tertiary/aromatic N) is 1. The lowest BCUT2D eigenvalue weighted by Crippen LogP contribution is -2.52. The van der Waals surface area contributed by atoms with Crippen molar-refractivity contribution >= 4 is 0 Å². The third kappa shape index (κ3) is 3.62. The first-order valence-electron chi connectivity index (χ1n) is 8.32. The highest BCUT2D eigenvalue weighted by Gasteiger charge is 2.33. The zero-order valence-corrected chi connectivity index (χ0v) is 13.3. The van der Waals surface area contributed by atoms with Crippen molar-refractivity contribution < 1.29 is 0 Å². The van der Waals surface area contributed by atoms with Gasteiger partial charge in [-0.3, -0.25) is 4.90 Å². The Kier molecular flexibility index (Phi) is 6.06. The van der Waals surface area contributed by atoms with Crippen LogP contribution in [0.15, 0.2) is 30.3 Å². The van der Waals surface area contributed by atoms with Crippen molar-refractivity contribution in [1.82, 2.24) is 10.2 Å². The SMILES string of the molecule is CCNC1CCC(c2ccccc2)CC1N(CC)CC. The maximum atomic E-state index is 3.71. The van der Waals surface area contributed by atoms with Gasteiger partial charge in [-0.05, 0) is 50.4 Å². The summed E-state index contributed by atoms with van der Waals surface area (Å²) in [6.45, 7) is 10.2. The van der Waals surface area contributed by atoms with Gasteiger partial charge in [-0.25, -0.2) is 0 Å². The average molecular weight is 274 g/mol. The second-order valence-electron chi connectivity index (χ2n) is 5.87. The number of hydrogen-bond donors (Lipinski definition) is 1. The number of nitrogens with one attached hydrogen (secondary N) is 1. The molecule has 3 atom stereocenters. The lowest BCUT2D eigenvalue weighted by Gasteiger charge is -2.42. The topological polar surface area (TPSA) is 15.3 Å². The zero-order valence-electron chi connectivity index (χ0n) is 13.3. The number of rotatable bonds is 6. The minimum absolute atomic E-state index is 0.667. The molecular weight excluding hydrogens is 244 g/mol. The minimum Gasteiger partial charge on any atom is -0.313 e. The zero-order chi connectivity index (χ0) is 14.4. The number of likely N-dealkylation sites (N-methyl/N-ethyl adjacent to an activating group) is 2. The van der Waals surface area contributed by atoms with Crippen LogP contribution in [0.4, 0.5) is 0 Å². The molecule has 1 aliphatic carbocycles. The van der Waals surface area contributed by atoms with Gasteiger partial charge in [-0.15, -0.1) is 0 Å². The van der Waals surface area contributed by atoms with Crippen LogP contribution >= 0.6 is 0 Å². The number of benzene rings is 1. The normalized spacial score (nSPS) is 26.9. The van der Waals surface area contributed by atoms with Crippen LogP contribution in [-0.2, 0) is 0 Å². The van der Waals surface area contributed by atoms with Crippen LogP contribution in [0, 0.1) is 0 Å². The first-order chi connectivity index (χ1) is 9.80. The third-order valence-electron chi connectivity index (χ3n) is 4.84. The van der Waals surface area contributed by atoms with Crippen LogP contribution in [0.2, 0.25) is 0 Å². The van der Waals surface area contributed by atoms with Gasteiger partial charge in [0.1, 0.15) is 0 Å². The molecule has 0 heterocycles. The van der Waals surface area contributed by atoms with Gasteiger partial charge in [0.15, 0.2) is 0 Å². The van der Waals surface area contributed by atoms with E-state index in [1.807, 2.05) is 0 Å². The summed E-state index contributed by atoms with van der Waals surface area (Å²) in [4.78, 5) is 2.64. The molecule has 1 N–H and O–H groups in total. The predicted molar refractivity (Wildman–Crippen MR) is 87.2 cm³/mol. The molecule has 1 aliphatic rings. The summed E-state index contributed by atoms with van der Waals surface area (Å²) >= 11 is 0. The molecule has 0 spiro atoms. The smallest absolute Gasteiger partial charge is 0.0254 e. The molecule has 0 saturated heterocycles. The standard InChI is InChI=1S/C18H30N2/c1-4-19-17-13-12-16(15-10-8-7-9-11-15)14-18(17)20(5-2)6-3/h7-11,16-19H,4-6,12-14H2,1-3H3. The lowest BCUT2D eigenvalue weighted by atomic mass is 9.78. The molecule has 2 heteroatoms. The first kappa shape index (κ1) is 15.5. The highest BCUT2D eigenvalue weighted by atomic mass is 15.2. The summed E-state index contributed by atoms with van der Waals surface area (Å²) in [6.07, 6.45) is 3.91. The Hall–Kier alpha value is -0.860. The van der Waals surface area contributed by atoms with Crippen molar-refractivity contribution in [2.24, 2.45) is 0 Å². The molecule has 1 aromatic rings. The molecule has 20 heavy (non-hydrogen) atoms. The van der Waals surface area contributed by atoms with Gasteiger partial charge in [0.2, 0.25) is 0 Å². The second-order valence-corrected chi connectivity index (χ2v) is 5.87. The molecule has 112 valence electrons. The fraction of sp³-hybridized carbons (Fsp3) is 0.667. The predicted octanol–water partition coefficient (Wildman–Crippen LogP) is 3.64. The van der Waals surface area contributed by atoms with E-state index in [-0.39, 0.29) is 0 Å². The fourth-order valence-electron chi connectivity index (χ4n) is 3.77. The van der Waals surface area contributed by atoms with E-state index in [1.165, 1.54) is 24.8 Å². The molecule has 0 aromatic heterocycles.